The summed E-state index contributed by atoms with van der Waals surface area (Å²) in [5.74, 6) is 0. The fourth-order valence-electron chi connectivity index (χ4n) is 7.66. The van der Waals surface area contributed by atoms with Crippen molar-refractivity contribution in [3.63, 3.8) is 0 Å². The van der Waals surface area contributed by atoms with E-state index in [1.54, 1.807) is 0 Å². The van der Waals surface area contributed by atoms with Gasteiger partial charge in [-0.2, -0.15) is 0 Å². The molecule has 0 aliphatic heterocycles. The highest BCUT2D eigenvalue weighted by atomic mass is 32.1. The van der Waals surface area contributed by atoms with Gasteiger partial charge in [0.1, 0.15) is 0 Å². The summed E-state index contributed by atoms with van der Waals surface area (Å²) < 4.78 is 2.61. The number of fused-ring (bicyclic) bond motifs is 4. The number of hydrogen-bond donors (Lipinski definition) is 0. The van der Waals surface area contributed by atoms with Crippen molar-refractivity contribution < 1.29 is 0 Å². The van der Waals surface area contributed by atoms with E-state index in [-0.39, 0.29) is 0 Å². The molecule has 0 aliphatic rings. The van der Waals surface area contributed by atoms with E-state index < -0.39 is 0 Å². The Labute approximate surface area is 319 Å². The Morgan fingerprint density at radius 2 is 0.759 bits per heavy atom. The average molecular weight is 706 g/mol. The van der Waals surface area contributed by atoms with Gasteiger partial charge >= 0.3 is 0 Å². The van der Waals surface area contributed by atoms with Gasteiger partial charge in [0, 0.05) is 37.2 Å². The number of thiophene rings is 1. The molecule has 2 heteroatoms. The van der Waals surface area contributed by atoms with Gasteiger partial charge in [-0.25, -0.2) is 0 Å². The van der Waals surface area contributed by atoms with E-state index in [9.17, 15) is 0 Å². The Morgan fingerprint density at radius 1 is 0.259 bits per heavy atom. The summed E-state index contributed by atoms with van der Waals surface area (Å²) in [6.45, 7) is 0. The lowest BCUT2D eigenvalue weighted by molar-refractivity contribution is 1.29. The summed E-state index contributed by atoms with van der Waals surface area (Å²) in [6, 6.07) is 77.2. The number of benzene rings is 9. The van der Waals surface area contributed by atoms with Crippen LogP contribution in [0.1, 0.15) is 0 Å². The molecule has 0 amide bonds. The molecular formula is C52H35NS. The maximum Gasteiger partial charge on any atom is 0.0468 e. The van der Waals surface area contributed by atoms with Gasteiger partial charge in [0.2, 0.25) is 0 Å². The molecule has 0 N–H and O–H groups in total. The highest BCUT2D eigenvalue weighted by molar-refractivity contribution is 7.25. The van der Waals surface area contributed by atoms with Gasteiger partial charge in [0.05, 0.1) is 0 Å². The minimum absolute atomic E-state index is 1.11. The van der Waals surface area contributed by atoms with Crippen LogP contribution in [-0.2, 0) is 0 Å². The predicted molar refractivity (Wildman–Crippen MR) is 233 cm³/mol. The highest BCUT2D eigenvalue weighted by Crippen LogP contribution is 2.42. The van der Waals surface area contributed by atoms with Gasteiger partial charge in [-0.15, -0.1) is 11.3 Å². The van der Waals surface area contributed by atoms with Crippen LogP contribution in [0.5, 0.6) is 0 Å². The van der Waals surface area contributed by atoms with E-state index >= 15 is 0 Å². The van der Waals surface area contributed by atoms with Crippen molar-refractivity contribution in [3.8, 4) is 44.5 Å². The van der Waals surface area contributed by atoms with Crippen LogP contribution in [0.4, 0.5) is 17.1 Å². The van der Waals surface area contributed by atoms with E-state index in [1.807, 2.05) is 11.3 Å². The maximum atomic E-state index is 2.39. The average Bonchev–Trinajstić information content (AvgIpc) is 3.62. The molecular weight excluding hydrogens is 671 g/mol. The zero-order valence-electron chi connectivity index (χ0n) is 29.6. The second-order valence-electron chi connectivity index (χ2n) is 13.8. The van der Waals surface area contributed by atoms with Crippen LogP contribution in [0.25, 0.3) is 75.5 Å². The fraction of sp³-hybridized carbons (Fsp3) is 0. The minimum atomic E-state index is 1.11. The molecule has 9 aromatic carbocycles. The van der Waals surface area contributed by atoms with Crippen molar-refractivity contribution in [2.75, 3.05) is 4.90 Å². The maximum absolute atomic E-state index is 2.39. The predicted octanol–water partition coefficient (Wildman–Crippen LogP) is 15.3. The SMILES string of the molecule is c1ccc(-c2ccc(-c3cccc(N(c4ccc(-c5cccc(-c6ccc7ccccc7c6)c5)cc4)c4ccc5sc6ccccc6c5c4)c3)cc2)cc1. The molecule has 0 unspecified atom stereocenters. The van der Waals surface area contributed by atoms with Crippen LogP contribution in [0, 0.1) is 0 Å². The first-order chi connectivity index (χ1) is 26.7. The number of nitrogens with zero attached hydrogens (tertiary/aromatic N) is 1. The number of rotatable bonds is 7. The Hall–Kier alpha value is -6.74. The molecule has 0 fully saturated rings. The van der Waals surface area contributed by atoms with Crippen molar-refractivity contribution in [2.24, 2.45) is 0 Å². The van der Waals surface area contributed by atoms with Gasteiger partial charge in [-0.3, -0.25) is 0 Å². The number of hydrogen-bond acceptors (Lipinski definition) is 2. The first-order valence-electron chi connectivity index (χ1n) is 18.4. The van der Waals surface area contributed by atoms with Crippen molar-refractivity contribution in [2.45, 2.75) is 0 Å². The Balaban J connectivity index is 1.04. The molecule has 254 valence electrons. The summed E-state index contributed by atoms with van der Waals surface area (Å²) in [6.07, 6.45) is 0. The molecule has 0 aliphatic carbocycles. The standard InChI is InChI=1S/C52H35NS/c1-2-10-36(11-3-1)38-20-22-39(23-21-38)44-16-9-17-47(34-44)53(48-30-31-52-50(35-48)49-18-6-7-19-51(49)54-52)46-28-26-40(27-29-46)42-14-8-15-43(32-42)45-25-24-37-12-4-5-13-41(37)33-45/h1-35H. The van der Waals surface area contributed by atoms with Gasteiger partial charge in [-0.1, -0.05) is 152 Å². The van der Waals surface area contributed by atoms with Crippen molar-refractivity contribution in [3.05, 3.63) is 212 Å². The summed E-state index contributed by atoms with van der Waals surface area (Å²) >= 11 is 1.85. The molecule has 0 radical (unpaired) electrons. The first-order valence-corrected chi connectivity index (χ1v) is 19.2. The van der Waals surface area contributed by atoms with Crippen LogP contribution >= 0.6 is 11.3 Å². The van der Waals surface area contributed by atoms with Gasteiger partial charge in [0.15, 0.2) is 0 Å². The molecule has 0 saturated carbocycles. The van der Waals surface area contributed by atoms with Crippen LogP contribution in [-0.4, -0.2) is 0 Å². The summed E-state index contributed by atoms with van der Waals surface area (Å²) in [5, 5.41) is 5.10. The molecule has 0 spiro atoms. The van der Waals surface area contributed by atoms with E-state index in [1.165, 1.54) is 75.5 Å². The summed E-state index contributed by atoms with van der Waals surface area (Å²) in [4.78, 5) is 2.39. The second kappa shape index (κ2) is 13.7. The van der Waals surface area contributed by atoms with Crippen molar-refractivity contribution in [1.82, 2.24) is 0 Å². The van der Waals surface area contributed by atoms with Gasteiger partial charge in [-0.05, 0) is 116 Å². The van der Waals surface area contributed by atoms with Gasteiger partial charge < -0.3 is 4.90 Å². The Kier molecular flexibility index (Phi) is 8.09. The van der Waals surface area contributed by atoms with E-state index in [2.05, 4.69) is 217 Å². The quantitative estimate of drug-likeness (QED) is 0.160. The summed E-state index contributed by atoms with van der Waals surface area (Å²) in [7, 11) is 0. The van der Waals surface area contributed by atoms with Crippen LogP contribution in [0.2, 0.25) is 0 Å². The van der Waals surface area contributed by atoms with Crippen molar-refractivity contribution in [1.29, 1.82) is 0 Å². The lowest BCUT2D eigenvalue weighted by atomic mass is 9.97. The lowest BCUT2D eigenvalue weighted by Crippen LogP contribution is -2.10. The summed E-state index contributed by atoms with van der Waals surface area (Å²) in [5.41, 5.74) is 13.0. The van der Waals surface area contributed by atoms with Crippen LogP contribution in [0.15, 0.2) is 212 Å². The lowest BCUT2D eigenvalue weighted by Gasteiger charge is -2.26. The Morgan fingerprint density at radius 3 is 1.56 bits per heavy atom. The second-order valence-corrected chi connectivity index (χ2v) is 14.9. The zero-order chi connectivity index (χ0) is 35.8. The zero-order valence-corrected chi connectivity index (χ0v) is 30.4. The topological polar surface area (TPSA) is 3.24 Å². The first kappa shape index (κ1) is 32.0. The molecule has 10 aromatic rings. The normalized spacial score (nSPS) is 11.3. The third-order valence-electron chi connectivity index (χ3n) is 10.5. The molecule has 0 saturated heterocycles. The molecule has 10 rings (SSSR count). The van der Waals surface area contributed by atoms with Crippen molar-refractivity contribution >= 4 is 59.3 Å². The van der Waals surface area contributed by atoms with Crippen LogP contribution in [0.3, 0.4) is 0 Å². The van der Waals surface area contributed by atoms with E-state index in [4.69, 9.17) is 0 Å². The third-order valence-corrected chi connectivity index (χ3v) is 11.6. The monoisotopic (exact) mass is 705 g/mol. The fourth-order valence-corrected chi connectivity index (χ4v) is 8.75. The molecule has 54 heavy (non-hydrogen) atoms. The van der Waals surface area contributed by atoms with Crippen LogP contribution < -0.4 is 4.90 Å². The molecule has 1 aromatic heterocycles. The molecule has 1 nitrogen and oxygen atoms in total. The van der Waals surface area contributed by atoms with E-state index in [0.717, 1.165) is 17.1 Å². The Bertz CT molecular complexity index is 2920. The largest absolute Gasteiger partial charge is 0.310 e. The molecule has 0 atom stereocenters. The highest BCUT2D eigenvalue weighted by Gasteiger charge is 2.16. The molecule has 1 heterocycles. The van der Waals surface area contributed by atoms with Gasteiger partial charge in [0.25, 0.3) is 0 Å². The third kappa shape index (κ3) is 6.03. The smallest absolute Gasteiger partial charge is 0.0468 e. The number of anilines is 3. The van der Waals surface area contributed by atoms with E-state index in [0.29, 0.717) is 0 Å². The minimum Gasteiger partial charge on any atom is -0.310 e. The molecule has 0 bridgehead atoms.